The number of pyridine rings is 2. The van der Waals surface area contributed by atoms with Crippen LogP contribution < -0.4 is 25.2 Å². The van der Waals surface area contributed by atoms with Crippen LogP contribution in [0.15, 0.2) is 59.5 Å². The highest BCUT2D eigenvalue weighted by molar-refractivity contribution is 6.04. The second-order valence-corrected chi connectivity index (χ2v) is 8.53. The fourth-order valence-electron chi connectivity index (χ4n) is 4.97. The zero-order chi connectivity index (χ0) is 21.7. The lowest BCUT2D eigenvalue weighted by Gasteiger charge is -2.43. The molecule has 1 fully saturated rings. The third kappa shape index (κ3) is 3.28. The lowest BCUT2D eigenvalue weighted by Crippen LogP contribution is -2.47. The maximum Gasteiger partial charge on any atom is 0.255 e. The van der Waals surface area contributed by atoms with Gasteiger partial charge in [0.15, 0.2) is 11.5 Å². The van der Waals surface area contributed by atoms with Crippen LogP contribution in [0.1, 0.15) is 28.4 Å². The van der Waals surface area contributed by atoms with E-state index >= 15 is 0 Å². The largest absolute Gasteiger partial charge is 0.454 e. The van der Waals surface area contributed by atoms with E-state index in [-0.39, 0.29) is 18.3 Å². The first-order chi connectivity index (χ1) is 15.6. The van der Waals surface area contributed by atoms with Crippen LogP contribution in [0.25, 0.3) is 0 Å². The van der Waals surface area contributed by atoms with Gasteiger partial charge in [-0.1, -0.05) is 6.07 Å². The van der Waals surface area contributed by atoms with Gasteiger partial charge >= 0.3 is 0 Å². The van der Waals surface area contributed by atoms with Gasteiger partial charge in [-0.05, 0) is 48.7 Å². The molecule has 162 valence electrons. The average Bonchev–Trinajstić information content (AvgIpc) is 3.28. The highest BCUT2D eigenvalue weighted by atomic mass is 16.7. The van der Waals surface area contributed by atoms with Crippen molar-refractivity contribution in [3.05, 3.63) is 76.3 Å². The van der Waals surface area contributed by atoms with Crippen molar-refractivity contribution in [3.8, 4) is 11.5 Å². The molecule has 3 aliphatic heterocycles. The topological polar surface area (TPSA) is 85.7 Å². The van der Waals surface area contributed by atoms with E-state index in [0.29, 0.717) is 34.6 Å². The van der Waals surface area contributed by atoms with Gasteiger partial charge in [-0.2, -0.15) is 0 Å². The van der Waals surface area contributed by atoms with E-state index in [0.717, 1.165) is 37.6 Å². The molecule has 32 heavy (non-hydrogen) atoms. The summed E-state index contributed by atoms with van der Waals surface area (Å²) in [5, 5.41) is 2.88. The van der Waals surface area contributed by atoms with Crippen LogP contribution in [-0.2, 0) is 6.54 Å². The van der Waals surface area contributed by atoms with Crippen molar-refractivity contribution in [2.45, 2.75) is 18.9 Å². The van der Waals surface area contributed by atoms with Crippen LogP contribution in [0.2, 0.25) is 0 Å². The third-order valence-corrected chi connectivity index (χ3v) is 6.44. The van der Waals surface area contributed by atoms with Gasteiger partial charge in [-0.25, -0.2) is 4.98 Å². The first kappa shape index (κ1) is 18.9. The van der Waals surface area contributed by atoms with Crippen LogP contribution in [0, 0.1) is 5.92 Å². The minimum atomic E-state index is -0.229. The van der Waals surface area contributed by atoms with E-state index in [1.807, 2.05) is 22.8 Å². The SMILES string of the molecule is O=C(Nc1ccc(N2C[C@@H]3C[C@@H](C2)c2cccc(=O)n2C3)nc1)c1ccc2c(c1)OCO2. The third-order valence-electron chi connectivity index (χ3n) is 6.44. The highest BCUT2D eigenvalue weighted by Crippen LogP contribution is 2.36. The molecular weight excluding hydrogens is 408 g/mol. The molecule has 6 rings (SSSR count). The lowest BCUT2D eigenvalue weighted by atomic mass is 9.83. The maximum absolute atomic E-state index is 12.6. The number of rotatable bonds is 3. The van der Waals surface area contributed by atoms with E-state index in [9.17, 15) is 9.59 Å². The molecule has 8 heteroatoms. The number of carbonyl (C=O) groups is 1. The van der Waals surface area contributed by atoms with Crippen LogP contribution >= 0.6 is 0 Å². The fraction of sp³-hybridized carbons (Fsp3) is 0.292. The molecule has 3 aromatic rings. The molecule has 0 unspecified atom stereocenters. The molecule has 8 nitrogen and oxygen atoms in total. The van der Waals surface area contributed by atoms with Gasteiger partial charge in [0.1, 0.15) is 5.82 Å². The number of nitrogens with zero attached hydrogens (tertiary/aromatic N) is 3. The fourth-order valence-corrected chi connectivity index (χ4v) is 4.97. The number of anilines is 2. The summed E-state index contributed by atoms with van der Waals surface area (Å²) < 4.78 is 12.6. The molecule has 0 aliphatic carbocycles. The molecule has 2 aromatic heterocycles. The molecule has 3 aliphatic rings. The van der Waals surface area contributed by atoms with Crippen molar-refractivity contribution in [3.63, 3.8) is 0 Å². The number of nitrogens with one attached hydrogen (secondary N) is 1. The Labute approximate surface area is 184 Å². The van der Waals surface area contributed by atoms with E-state index in [1.54, 1.807) is 30.5 Å². The van der Waals surface area contributed by atoms with E-state index in [4.69, 9.17) is 9.47 Å². The summed E-state index contributed by atoms with van der Waals surface area (Å²) in [7, 11) is 0. The molecule has 1 N–H and O–H groups in total. The molecule has 2 atom stereocenters. The van der Waals surface area contributed by atoms with Gasteiger partial charge in [0.05, 0.1) is 11.9 Å². The number of hydrogen-bond acceptors (Lipinski definition) is 6. The van der Waals surface area contributed by atoms with Gasteiger partial charge in [0, 0.05) is 42.9 Å². The molecule has 0 radical (unpaired) electrons. The molecule has 0 saturated carbocycles. The maximum atomic E-state index is 12.6. The van der Waals surface area contributed by atoms with E-state index < -0.39 is 0 Å². The van der Waals surface area contributed by atoms with Crippen LogP contribution in [0.4, 0.5) is 11.5 Å². The summed E-state index contributed by atoms with van der Waals surface area (Å²) in [5.41, 5.74) is 2.33. The normalized spacial score (nSPS) is 20.6. The molecule has 1 aromatic carbocycles. The summed E-state index contributed by atoms with van der Waals surface area (Å²) in [5.74, 6) is 2.62. The first-order valence-corrected chi connectivity index (χ1v) is 10.8. The van der Waals surface area contributed by atoms with Crippen molar-refractivity contribution in [2.24, 2.45) is 5.92 Å². The Morgan fingerprint density at radius 3 is 2.81 bits per heavy atom. The van der Waals surface area contributed by atoms with Crippen molar-refractivity contribution in [1.29, 1.82) is 0 Å². The second kappa shape index (κ2) is 7.40. The highest BCUT2D eigenvalue weighted by Gasteiger charge is 2.34. The molecule has 0 spiro atoms. The van der Waals surface area contributed by atoms with Crippen LogP contribution in [0.5, 0.6) is 11.5 Å². The monoisotopic (exact) mass is 430 g/mol. The van der Waals surface area contributed by atoms with Crippen molar-refractivity contribution >= 4 is 17.4 Å². The molecule has 1 saturated heterocycles. The number of ether oxygens (including phenoxy) is 2. The Morgan fingerprint density at radius 2 is 1.94 bits per heavy atom. The van der Waals surface area contributed by atoms with Gasteiger partial charge in [-0.15, -0.1) is 0 Å². The summed E-state index contributed by atoms with van der Waals surface area (Å²) in [6, 6.07) is 14.5. The number of piperidine rings is 1. The number of aromatic nitrogens is 2. The summed E-state index contributed by atoms with van der Waals surface area (Å²) >= 11 is 0. The number of amides is 1. The number of fused-ring (bicyclic) bond motifs is 5. The predicted octanol–water partition coefficient (Wildman–Crippen LogP) is 2.85. The minimum absolute atomic E-state index is 0.0892. The van der Waals surface area contributed by atoms with Crippen LogP contribution in [0.3, 0.4) is 0 Å². The Bertz CT molecular complexity index is 1250. The van der Waals surface area contributed by atoms with Crippen molar-refractivity contribution in [2.75, 3.05) is 30.1 Å². The quantitative estimate of drug-likeness (QED) is 0.688. The van der Waals surface area contributed by atoms with E-state index in [2.05, 4.69) is 21.3 Å². The second-order valence-electron chi connectivity index (χ2n) is 8.53. The Hall–Kier alpha value is -3.81. The summed E-state index contributed by atoms with van der Waals surface area (Å²) in [6.45, 7) is 2.63. The first-order valence-electron chi connectivity index (χ1n) is 10.8. The summed E-state index contributed by atoms with van der Waals surface area (Å²) in [4.78, 5) is 31.7. The van der Waals surface area contributed by atoms with Crippen molar-refractivity contribution < 1.29 is 14.3 Å². The molecule has 1 amide bonds. The Kier molecular flexibility index (Phi) is 4.38. The predicted molar refractivity (Wildman–Crippen MR) is 119 cm³/mol. The molecule has 5 heterocycles. The zero-order valence-electron chi connectivity index (χ0n) is 17.4. The smallest absolute Gasteiger partial charge is 0.255 e. The van der Waals surface area contributed by atoms with Gasteiger partial charge in [0.25, 0.3) is 11.5 Å². The summed E-state index contributed by atoms with van der Waals surface area (Å²) in [6.07, 6.45) is 2.78. The van der Waals surface area contributed by atoms with Gasteiger partial charge < -0.3 is 24.3 Å². The Balaban J connectivity index is 1.16. The average molecular weight is 430 g/mol. The van der Waals surface area contributed by atoms with Gasteiger partial charge in [-0.3, -0.25) is 9.59 Å². The molecular formula is C24H22N4O4. The molecule has 2 bridgehead atoms. The number of hydrogen-bond donors (Lipinski definition) is 1. The minimum Gasteiger partial charge on any atom is -0.454 e. The number of carbonyl (C=O) groups excluding carboxylic acids is 1. The van der Waals surface area contributed by atoms with Crippen LogP contribution in [-0.4, -0.2) is 35.3 Å². The van der Waals surface area contributed by atoms with E-state index in [1.165, 1.54) is 0 Å². The number of benzene rings is 1. The van der Waals surface area contributed by atoms with Crippen molar-refractivity contribution in [1.82, 2.24) is 9.55 Å². The Morgan fingerprint density at radius 1 is 1.03 bits per heavy atom. The zero-order valence-corrected chi connectivity index (χ0v) is 17.4. The standard InChI is InChI=1S/C24H22N4O4/c29-23-3-1-2-19-17-8-15(12-28(19)23)11-27(13-17)22-7-5-18(10-25-22)26-24(30)16-4-6-20-21(9-16)32-14-31-20/h1-7,9-10,15,17H,8,11-14H2,(H,26,30)/t15-,17-/m0/s1. The lowest BCUT2D eigenvalue weighted by molar-refractivity contribution is 0.102. The van der Waals surface area contributed by atoms with Gasteiger partial charge in [0.2, 0.25) is 6.79 Å².